The second-order valence-electron chi connectivity index (χ2n) is 13.6. The van der Waals surface area contributed by atoms with Crippen molar-refractivity contribution >= 4 is 29.4 Å². The highest BCUT2D eigenvalue weighted by molar-refractivity contribution is 8.00. The Labute approximate surface area is 272 Å². The van der Waals surface area contributed by atoms with E-state index in [0.717, 1.165) is 50.1 Å². The molecule has 3 aliphatic carbocycles. The zero-order valence-electron chi connectivity index (χ0n) is 25.5. The van der Waals surface area contributed by atoms with Crippen molar-refractivity contribution in [2.45, 2.75) is 96.3 Å². The molecule has 1 amide bonds. The van der Waals surface area contributed by atoms with Gasteiger partial charge in [-0.2, -0.15) is 4.57 Å². The summed E-state index contributed by atoms with van der Waals surface area (Å²) in [6, 6.07) is 3.85. The van der Waals surface area contributed by atoms with Crippen LogP contribution in [0.3, 0.4) is 0 Å². The lowest BCUT2D eigenvalue weighted by Gasteiger charge is -2.61. The van der Waals surface area contributed by atoms with Gasteiger partial charge in [0.2, 0.25) is 6.54 Å². The number of aliphatic hydroxyl groups is 1. The minimum absolute atomic E-state index is 0. The van der Waals surface area contributed by atoms with Gasteiger partial charge in [0.25, 0.3) is 5.91 Å². The third-order valence-electron chi connectivity index (χ3n) is 11.6. The maximum Gasteiger partial charge on any atom is 0.316 e. The maximum absolute atomic E-state index is 13.6. The second kappa shape index (κ2) is 12.9. The Kier molecular flexibility index (Phi) is 10.2. The van der Waals surface area contributed by atoms with Gasteiger partial charge in [0.15, 0.2) is 12.4 Å². The number of aliphatic hydroxyl groups excluding tert-OH is 1. The summed E-state index contributed by atoms with van der Waals surface area (Å²) < 4.78 is 8.22. The monoisotopic (exact) mass is 710 g/mol. The number of aromatic nitrogens is 1. The normalized spacial score (nSPS) is 37.7. The first-order valence-corrected chi connectivity index (χ1v) is 16.4. The van der Waals surface area contributed by atoms with Crippen LogP contribution in [0, 0.1) is 34.0 Å². The fraction of sp³-hybridized carbons (Fsp3) is 0.697. The van der Waals surface area contributed by atoms with E-state index in [2.05, 4.69) is 27.4 Å². The van der Waals surface area contributed by atoms with Crippen LogP contribution in [-0.2, 0) is 25.7 Å². The van der Waals surface area contributed by atoms with Crippen molar-refractivity contribution in [1.82, 2.24) is 4.90 Å². The number of thioether (sulfide) groups is 1. The number of esters is 1. The van der Waals surface area contributed by atoms with E-state index >= 15 is 0 Å². The van der Waals surface area contributed by atoms with E-state index in [1.54, 1.807) is 0 Å². The smallest absolute Gasteiger partial charge is 0.316 e. The number of carbonyl (C=O) groups excluding carboxylic acids is 3. The summed E-state index contributed by atoms with van der Waals surface area (Å²) in [7, 11) is 0. The maximum atomic E-state index is 13.6. The summed E-state index contributed by atoms with van der Waals surface area (Å²) in [5, 5.41) is 11.7. The second-order valence-corrected chi connectivity index (χ2v) is 14.7. The van der Waals surface area contributed by atoms with Crippen LogP contribution in [0.25, 0.3) is 0 Å². The molecule has 0 radical (unpaired) electrons. The molecule has 1 aliphatic heterocycles. The molecule has 0 aromatic carbocycles. The molecule has 4 fully saturated rings. The molecule has 8 atom stereocenters. The molecule has 0 spiro atoms. The van der Waals surface area contributed by atoms with Crippen molar-refractivity contribution in [3.63, 3.8) is 0 Å². The lowest BCUT2D eigenvalue weighted by atomic mass is 9.44. The molecule has 2 heterocycles. The molecule has 2 bridgehead atoms. The highest BCUT2D eigenvalue weighted by Crippen LogP contribution is 2.68. The van der Waals surface area contributed by atoms with Gasteiger partial charge < -0.3 is 38.7 Å². The van der Waals surface area contributed by atoms with E-state index in [1.807, 2.05) is 47.0 Å². The SMILES string of the molecule is C=C[C@]1(C)C[C@@H](OC(=O)CSc2cc[n+](CC(=O)N3CCCC3)cc2)[C@]2(C)[C@H](C)CC[C@]3(CCC(=O)[C@H]32)[C@@H](C)[C@@H]1O.[I-]. The van der Waals surface area contributed by atoms with Gasteiger partial charge in [0.05, 0.1) is 11.9 Å². The van der Waals surface area contributed by atoms with Crippen molar-refractivity contribution in [3.8, 4) is 0 Å². The lowest BCUT2D eigenvalue weighted by Crippen LogP contribution is -3.00. The van der Waals surface area contributed by atoms with Gasteiger partial charge in [0.1, 0.15) is 11.9 Å². The number of hydrogen-bond acceptors (Lipinski definition) is 6. The quantitative estimate of drug-likeness (QED) is 0.152. The summed E-state index contributed by atoms with van der Waals surface area (Å²) in [5.74, 6) is 0.158. The molecule has 5 rings (SSSR count). The first kappa shape index (κ1) is 33.4. The van der Waals surface area contributed by atoms with Crippen molar-refractivity contribution in [2.75, 3.05) is 18.8 Å². The van der Waals surface area contributed by atoms with Crippen LogP contribution < -0.4 is 28.5 Å². The fourth-order valence-electron chi connectivity index (χ4n) is 8.70. The van der Waals surface area contributed by atoms with E-state index in [-0.39, 0.29) is 70.6 Å². The summed E-state index contributed by atoms with van der Waals surface area (Å²) >= 11 is 1.41. The van der Waals surface area contributed by atoms with Crippen LogP contribution >= 0.6 is 11.8 Å². The molecule has 0 unspecified atom stereocenters. The topological polar surface area (TPSA) is 87.8 Å². The third kappa shape index (κ3) is 5.83. The zero-order valence-corrected chi connectivity index (χ0v) is 28.5. The van der Waals surface area contributed by atoms with Crippen LogP contribution in [0.5, 0.6) is 0 Å². The van der Waals surface area contributed by atoms with Crippen molar-refractivity contribution in [2.24, 2.45) is 34.0 Å². The summed E-state index contributed by atoms with van der Waals surface area (Å²) in [5.41, 5.74) is -1.43. The first-order chi connectivity index (χ1) is 19.4. The minimum atomic E-state index is -0.671. The predicted molar refractivity (Wildman–Crippen MR) is 158 cm³/mol. The number of ketones is 1. The van der Waals surface area contributed by atoms with Crippen molar-refractivity contribution in [3.05, 3.63) is 37.2 Å². The number of rotatable bonds is 7. The van der Waals surface area contributed by atoms with Crippen LogP contribution in [0.15, 0.2) is 42.1 Å². The van der Waals surface area contributed by atoms with Gasteiger partial charge in [-0.05, 0) is 55.8 Å². The number of ether oxygens (including phenoxy) is 1. The number of likely N-dealkylation sites (tertiary alicyclic amines) is 1. The average Bonchev–Trinajstić information content (AvgIpc) is 3.62. The number of hydrogen-bond donors (Lipinski definition) is 1. The van der Waals surface area contributed by atoms with E-state index < -0.39 is 23.0 Å². The Hall–Kier alpha value is -1.46. The standard InChI is InChI=1S/C33H47N2O5S.HI/c1-6-31(4)19-26(32(5)22(2)9-13-33(23(3)30(31)39)14-10-25(36)29(32)33)40-28(38)21-41-24-11-17-34(18-12-24)20-27(37)35-15-7-8-16-35;/h6,11-12,17-18,22-23,26,29-30,39H,1,7-10,13-16,19-21H2,2-5H3;1H/q+1;/p-1/t22-,23+,26-,29+,30+,31-,32+,33+;/m1./s1. The minimum Gasteiger partial charge on any atom is -1.00 e. The van der Waals surface area contributed by atoms with E-state index in [0.29, 0.717) is 19.4 Å². The number of amides is 1. The number of Topliss-reactive ketones (excluding diaryl/α,β-unsaturated/α-hetero) is 1. The third-order valence-corrected chi connectivity index (χ3v) is 12.6. The highest BCUT2D eigenvalue weighted by atomic mass is 127. The molecule has 4 aliphatic rings. The molecule has 9 heteroatoms. The lowest BCUT2D eigenvalue weighted by molar-refractivity contribution is -0.685. The summed E-state index contributed by atoms with van der Waals surface area (Å²) in [6.07, 6.45) is 10.2. The largest absolute Gasteiger partial charge is 1.00 e. The van der Waals surface area contributed by atoms with Gasteiger partial charge >= 0.3 is 5.97 Å². The number of pyridine rings is 1. The number of halogens is 1. The number of nitrogens with zero attached hydrogens (tertiary/aromatic N) is 2. The molecule has 1 aromatic heterocycles. The Morgan fingerprint density at radius 3 is 2.50 bits per heavy atom. The van der Waals surface area contributed by atoms with Crippen molar-refractivity contribution in [1.29, 1.82) is 0 Å². The van der Waals surface area contributed by atoms with Crippen LogP contribution in [0.4, 0.5) is 0 Å². The Bertz CT molecular complexity index is 1190. The zero-order chi connectivity index (χ0) is 29.6. The summed E-state index contributed by atoms with van der Waals surface area (Å²) in [6.45, 7) is 14.6. The molecule has 1 aromatic rings. The van der Waals surface area contributed by atoms with Gasteiger partial charge in [-0.25, -0.2) is 0 Å². The molecule has 3 saturated carbocycles. The predicted octanol–water partition coefficient (Wildman–Crippen LogP) is 1.60. The van der Waals surface area contributed by atoms with Gasteiger partial charge in [-0.3, -0.25) is 14.4 Å². The number of carbonyl (C=O) groups is 3. The molecule has 7 nitrogen and oxygen atoms in total. The van der Waals surface area contributed by atoms with Crippen LogP contribution in [-0.4, -0.2) is 58.7 Å². The van der Waals surface area contributed by atoms with E-state index in [4.69, 9.17) is 4.74 Å². The average molecular weight is 711 g/mol. The molecule has 1 saturated heterocycles. The van der Waals surface area contributed by atoms with Gasteiger partial charge in [-0.1, -0.05) is 33.8 Å². The summed E-state index contributed by atoms with van der Waals surface area (Å²) in [4.78, 5) is 42.3. The van der Waals surface area contributed by atoms with Gasteiger partial charge in [0, 0.05) is 53.3 Å². The van der Waals surface area contributed by atoms with Crippen LogP contribution in [0.2, 0.25) is 0 Å². The van der Waals surface area contributed by atoms with Crippen molar-refractivity contribution < 1.29 is 52.8 Å². The first-order valence-electron chi connectivity index (χ1n) is 15.4. The highest BCUT2D eigenvalue weighted by Gasteiger charge is 2.68. The Balaban J connectivity index is 0.00000405. The Morgan fingerprint density at radius 2 is 1.86 bits per heavy atom. The van der Waals surface area contributed by atoms with Crippen LogP contribution in [0.1, 0.15) is 72.6 Å². The Morgan fingerprint density at radius 1 is 1.19 bits per heavy atom. The van der Waals surface area contributed by atoms with E-state index in [1.165, 1.54) is 11.8 Å². The van der Waals surface area contributed by atoms with Gasteiger partial charge in [-0.15, -0.1) is 18.3 Å². The molecular weight excluding hydrogens is 663 g/mol. The molecule has 232 valence electrons. The molecule has 1 N–H and O–H groups in total. The van der Waals surface area contributed by atoms with E-state index in [9.17, 15) is 19.5 Å². The molecular formula is C33H47IN2O5S. The molecule has 42 heavy (non-hydrogen) atoms. The fourth-order valence-corrected chi connectivity index (χ4v) is 9.37.